The third-order valence-corrected chi connectivity index (χ3v) is 3.97. The van der Waals surface area contributed by atoms with Crippen molar-refractivity contribution < 1.29 is 0 Å². The SMILES string of the molecule is CCC[C](C)C(C)(CCC)C(C)(C)C. The number of hydrogen-bond acceptors (Lipinski definition) is 0. The van der Waals surface area contributed by atoms with E-state index in [0.29, 0.717) is 10.8 Å². The monoisotopic (exact) mass is 197 g/mol. The smallest absolute Gasteiger partial charge is 0.0208 e. The summed E-state index contributed by atoms with van der Waals surface area (Å²) in [5, 5.41) is 0. The van der Waals surface area contributed by atoms with Gasteiger partial charge in [-0.1, -0.05) is 61.3 Å². The van der Waals surface area contributed by atoms with Crippen LogP contribution in [0.1, 0.15) is 74.1 Å². The van der Waals surface area contributed by atoms with Gasteiger partial charge in [0, 0.05) is 0 Å². The van der Waals surface area contributed by atoms with E-state index in [1.807, 2.05) is 0 Å². The van der Waals surface area contributed by atoms with E-state index in [9.17, 15) is 0 Å². The Morgan fingerprint density at radius 2 is 1.43 bits per heavy atom. The molecule has 0 N–H and O–H groups in total. The quantitative estimate of drug-likeness (QED) is 0.566. The maximum atomic E-state index is 2.45. The van der Waals surface area contributed by atoms with Crippen molar-refractivity contribution in [3.63, 3.8) is 0 Å². The minimum Gasteiger partial charge on any atom is -0.0654 e. The molecule has 0 amide bonds. The third-order valence-electron chi connectivity index (χ3n) is 3.97. The molecule has 0 heteroatoms. The van der Waals surface area contributed by atoms with Gasteiger partial charge >= 0.3 is 0 Å². The zero-order valence-electron chi connectivity index (χ0n) is 11.3. The Bertz CT molecular complexity index is 152. The standard InChI is InChI=1S/C14H29/c1-8-10-12(3)14(7,11-9-2)13(4,5)6/h8-11H2,1-7H3. The minimum atomic E-state index is 0.391. The Morgan fingerprint density at radius 1 is 0.929 bits per heavy atom. The van der Waals surface area contributed by atoms with Crippen LogP contribution in [0, 0.1) is 16.7 Å². The molecule has 0 fully saturated rings. The van der Waals surface area contributed by atoms with Crippen molar-refractivity contribution in [2.24, 2.45) is 10.8 Å². The summed E-state index contributed by atoms with van der Waals surface area (Å²) in [6.45, 7) is 16.5. The van der Waals surface area contributed by atoms with Gasteiger partial charge in [0.15, 0.2) is 0 Å². The lowest BCUT2D eigenvalue weighted by molar-refractivity contribution is 0.106. The van der Waals surface area contributed by atoms with E-state index in [4.69, 9.17) is 0 Å². The molecule has 1 radical (unpaired) electrons. The van der Waals surface area contributed by atoms with Gasteiger partial charge in [0.1, 0.15) is 0 Å². The Balaban J connectivity index is 4.70. The van der Waals surface area contributed by atoms with Gasteiger partial charge in [-0.05, 0) is 29.6 Å². The van der Waals surface area contributed by atoms with Crippen molar-refractivity contribution in [3.05, 3.63) is 5.92 Å². The summed E-state index contributed by atoms with van der Waals surface area (Å²) in [6, 6.07) is 0. The molecular weight excluding hydrogens is 168 g/mol. The third kappa shape index (κ3) is 3.00. The predicted molar refractivity (Wildman–Crippen MR) is 66.3 cm³/mol. The Kier molecular flexibility index (Phi) is 5.19. The van der Waals surface area contributed by atoms with Crippen molar-refractivity contribution >= 4 is 0 Å². The summed E-state index contributed by atoms with van der Waals surface area (Å²) in [6.07, 6.45) is 5.17. The van der Waals surface area contributed by atoms with Crippen LogP contribution in [-0.2, 0) is 0 Å². The van der Waals surface area contributed by atoms with Crippen LogP contribution >= 0.6 is 0 Å². The fraction of sp³-hybridized carbons (Fsp3) is 0.929. The second kappa shape index (κ2) is 5.19. The Morgan fingerprint density at radius 3 is 1.71 bits per heavy atom. The maximum Gasteiger partial charge on any atom is -0.0208 e. The van der Waals surface area contributed by atoms with E-state index in [1.165, 1.54) is 25.7 Å². The molecule has 0 aliphatic heterocycles. The second-order valence-electron chi connectivity index (χ2n) is 5.86. The largest absolute Gasteiger partial charge is 0.0654 e. The zero-order valence-corrected chi connectivity index (χ0v) is 11.3. The predicted octanol–water partition coefficient (Wildman–Crippen LogP) is 5.23. The van der Waals surface area contributed by atoms with E-state index in [-0.39, 0.29) is 0 Å². The first kappa shape index (κ1) is 14.0. The van der Waals surface area contributed by atoms with Gasteiger partial charge in [0.05, 0.1) is 0 Å². The first-order valence-electron chi connectivity index (χ1n) is 6.12. The summed E-state index contributed by atoms with van der Waals surface area (Å²) in [5.74, 6) is 1.69. The summed E-state index contributed by atoms with van der Waals surface area (Å²) in [7, 11) is 0. The van der Waals surface area contributed by atoms with Crippen molar-refractivity contribution in [3.8, 4) is 0 Å². The van der Waals surface area contributed by atoms with E-state index in [1.54, 1.807) is 5.92 Å². The lowest BCUT2D eigenvalue weighted by atomic mass is 9.58. The molecule has 1 atom stereocenters. The van der Waals surface area contributed by atoms with Gasteiger partial charge in [0.2, 0.25) is 0 Å². The first-order chi connectivity index (χ1) is 6.29. The van der Waals surface area contributed by atoms with Gasteiger partial charge < -0.3 is 0 Å². The molecule has 0 aromatic carbocycles. The van der Waals surface area contributed by atoms with Crippen molar-refractivity contribution in [2.75, 3.05) is 0 Å². The molecule has 0 nitrogen and oxygen atoms in total. The van der Waals surface area contributed by atoms with Crippen molar-refractivity contribution in [1.82, 2.24) is 0 Å². The molecule has 14 heavy (non-hydrogen) atoms. The van der Waals surface area contributed by atoms with Gasteiger partial charge in [0.25, 0.3) is 0 Å². The topological polar surface area (TPSA) is 0 Å². The highest BCUT2D eigenvalue weighted by atomic mass is 14.4. The molecule has 0 saturated heterocycles. The van der Waals surface area contributed by atoms with Crippen LogP contribution in [0.3, 0.4) is 0 Å². The normalized spacial score (nSPS) is 17.1. The number of rotatable bonds is 5. The van der Waals surface area contributed by atoms with Gasteiger partial charge in [-0.3, -0.25) is 0 Å². The molecular formula is C14H29. The molecule has 85 valence electrons. The molecule has 0 aromatic heterocycles. The molecule has 0 aromatic rings. The second-order valence-corrected chi connectivity index (χ2v) is 5.86. The molecule has 0 spiro atoms. The van der Waals surface area contributed by atoms with Crippen molar-refractivity contribution in [1.29, 1.82) is 0 Å². The van der Waals surface area contributed by atoms with Crippen molar-refractivity contribution in [2.45, 2.75) is 74.1 Å². The zero-order chi connectivity index (χ0) is 11.4. The molecule has 0 saturated carbocycles. The Labute approximate surface area is 91.5 Å². The molecule has 0 heterocycles. The first-order valence-corrected chi connectivity index (χ1v) is 6.12. The minimum absolute atomic E-state index is 0.391. The molecule has 0 aliphatic carbocycles. The van der Waals surface area contributed by atoms with Gasteiger partial charge in [-0.15, -0.1) is 0 Å². The highest BCUT2D eigenvalue weighted by molar-refractivity contribution is 5.06. The highest BCUT2D eigenvalue weighted by Crippen LogP contribution is 2.50. The Hall–Kier alpha value is 0. The fourth-order valence-corrected chi connectivity index (χ4v) is 2.38. The van der Waals surface area contributed by atoms with Crippen LogP contribution < -0.4 is 0 Å². The summed E-state index contributed by atoms with van der Waals surface area (Å²) >= 11 is 0. The molecule has 0 bridgehead atoms. The van der Waals surface area contributed by atoms with E-state index in [0.717, 1.165) is 0 Å². The van der Waals surface area contributed by atoms with Crippen LogP contribution in [0.5, 0.6) is 0 Å². The number of hydrogen-bond donors (Lipinski definition) is 0. The van der Waals surface area contributed by atoms with E-state index < -0.39 is 0 Å². The highest BCUT2D eigenvalue weighted by Gasteiger charge is 2.40. The van der Waals surface area contributed by atoms with Crippen LogP contribution in [0.2, 0.25) is 0 Å². The lowest BCUT2D eigenvalue weighted by Gasteiger charge is -2.46. The molecule has 0 aliphatic rings. The maximum absolute atomic E-state index is 2.45. The van der Waals surface area contributed by atoms with E-state index in [2.05, 4.69) is 48.5 Å². The van der Waals surface area contributed by atoms with Gasteiger partial charge in [-0.25, -0.2) is 0 Å². The van der Waals surface area contributed by atoms with Gasteiger partial charge in [-0.2, -0.15) is 0 Å². The van der Waals surface area contributed by atoms with Crippen LogP contribution in [-0.4, -0.2) is 0 Å². The lowest BCUT2D eigenvalue weighted by Crippen LogP contribution is -2.37. The van der Waals surface area contributed by atoms with Crippen LogP contribution in [0.4, 0.5) is 0 Å². The molecule has 1 unspecified atom stereocenters. The summed E-state index contributed by atoms with van der Waals surface area (Å²) in [5.41, 5.74) is 0.806. The summed E-state index contributed by atoms with van der Waals surface area (Å²) in [4.78, 5) is 0. The average Bonchev–Trinajstić information content (AvgIpc) is 2.03. The van der Waals surface area contributed by atoms with Crippen LogP contribution in [0.15, 0.2) is 0 Å². The fourth-order valence-electron chi connectivity index (χ4n) is 2.38. The summed E-state index contributed by atoms with van der Waals surface area (Å²) < 4.78 is 0. The van der Waals surface area contributed by atoms with Crippen LogP contribution in [0.25, 0.3) is 0 Å². The molecule has 0 rings (SSSR count). The van der Waals surface area contributed by atoms with E-state index >= 15 is 0 Å². The average molecular weight is 197 g/mol.